The van der Waals surface area contributed by atoms with E-state index in [0.29, 0.717) is 32.8 Å². The van der Waals surface area contributed by atoms with Gasteiger partial charge in [0, 0.05) is 19.6 Å². The minimum Gasteiger partial charge on any atom is -0.370 e. The Balaban J connectivity index is 1.64. The summed E-state index contributed by atoms with van der Waals surface area (Å²) in [5.74, 6) is -0.276. The number of amides is 1. The first-order valence-electron chi connectivity index (χ1n) is 7.22. The van der Waals surface area contributed by atoms with Crippen LogP contribution < -0.4 is 5.32 Å². The number of ether oxygens (including phenoxy) is 2. The molecule has 2 saturated heterocycles. The lowest BCUT2D eigenvalue weighted by atomic mass is 10.1. The smallest absolute Gasteiger partial charge is 0.253 e. The fraction of sp³-hybridized carbons (Fsp3) is 0.533. The van der Waals surface area contributed by atoms with Gasteiger partial charge in [-0.2, -0.15) is 0 Å². The van der Waals surface area contributed by atoms with Crippen LogP contribution in [-0.4, -0.2) is 56.3 Å². The molecule has 3 rings (SSSR count). The van der Waals surface area contributed by atoms with Crippen molar-refractivity contribution in [3.05, 3.63) is 35.6 Å². The zero-order valence-electron chi connectivity index (χ0n) is 11.8. The van der Waals surface area contributed by atoms with E-state index in [4.69, 9.17) is 9.47 Å². The summed E-state index contributed by atoms with van der Waals surface area (Å²) >= 11 is 0. The maximum Gasteiger partial charge on any atom is 0.253 e. The summed E-state index contributed by atoms with van der Waals surface area (Å²) < 4.78 is 24.2. The third-order valence-corrected chi connectivity index (χ3v) is 3.82. The molecule has 0 aliphatic carbocycles. The van der Waals surface area contributed by atoms with E-state index in [1.54, 1.807) is 17.0 Å². The van der Waals surface area contributed by atoms with Crippen molar-refractivity contribution in [3.63, 3.8) is 0 Å². The lowest BCUT2D eigenvalue weighted by Gasteiger charge is -2.36. The molecule has 21 heavy (non-hydrogen) atoms. The Labute approximate surface area is 123 Å². The average Bonchev–Trinajstić information content (AvgIpc) is 2.56. The van der Waals surface area contributed by atoms with Crippen molar-refractivity contribution >= 4 is 5.91 Å². The van der Waals surface area contributed by atoms with E-state index >= 15 is 0 Å². The van der Waals surface area contributed by atoms with Crippen LogP contribution in [0.3, 0.4) is 0 Å². The van der Waals surface area contributed by atoms with Crippen molar-refractivity contribution in [1.29, 1.82) is 0 Å². The molecule has 114 valence electrons. The molecule has 0 saturated carbocycles. The van der Waals surface area contributed by atoms with Crippen molar-refractivity contribution in [3.8, 4) is 0 Å². The molecular formula is C15H19FN2O3. The molecular weight excluding hydrogens is 275 g/mol. The molecule has 2 fully saturated rings. The van der Waals surface area contributed by atoms with E-state index in [1.165, 1.54) is 12.1 Å². The molecule has 0 bridgehead atoms. The van der Waals surface area contributed by atoms with Crippen molar-refractivity contribution in [2.75, 3.05) is 39.4 Å². The Kier molecular flexibility index (Phi) is 4.48. The first-order valence-corrected chi connectivity index (χ1v) is 7.22. The molecule has 2 atom stereocenters. The van der Waals surface area contributed by atoms with Crippen LogP contribution in [0.15, 0.2) is 24.3 Å². The number of nitrogens with one attached hydrogen (secondary N) is 1. The first kappa shape index (κ1) is 14.4. The predicted octanol–water partition coefficient (Wildman–Crippen LogP) is 0.714. The van der Waals surface area contributed by atoms with Gasteiger partial charge in [-0.3, -0.25) is 4.79 Å². The van der Waals surface area contributed by atoms with Crippen LogP contribution >= 0.6 is 0 Å². The maximum absolute atomic E-state index is 13.0. The van der Waals surface area contributed by atoms with Crippen LogP contribution in [0, 0.1) is 5.82 Å². The fourth-order valence-electron chi connectivity index (χ4n) is 2.66. The topological polar surface area (TPSA) is 50.8 Å². The third kappa shape index (κ3) is 3.40. The zero-order chi connectivity index (χ0) is 14.7. The van der Waals surface area contributed by atoms with Crippen LogP contribution in [0.4, 0.5) is 4.39 Å². The number of carbonyl (C=O) groups is 1. The predicted molar refractivity (Wildman–Crippen MR) is 74.3 cm³/mol. The lowest BCUT2D eigenvalue weighted by molar-refractivity contribution is -0.152. The van der Waals surface area contributed by atoms with Crippen LogP contribution in [0.25, 0.3) is 0 Å². The highest BCUT2D eigenvalue weighted by Gasteiger charge is 2.31. The first-order chi connectivity index (χ1) is 10.2. The van der Waals surface area contributed by atoms with E-state index in [0.717, 1.165) is 12.1 Å². The molecule has 1 amide bonds. The Bertz CT molecular complexity index is 488. The Morgan fingerprint density at radius 3 is 2.76 bits per heavy atom. The fourth-order valence-corrected chi connectivity index (χ4v) is 2.66. The molecule has 6 heteroatoms. The van der Waals surface area contributed by atoms with Gasteiger partial charge in [0.05, 0.1) is 19.8 Å². The SMILES string of the molecule is O=C(C1CNCCO1)N1CCOC(c2ccc(F)cc2)C1. The van der Waals surface area contributed by atoms with Gasteiger partial charge in [0.2, 0.25) is 0 Å². The number of halogens is 1. The molecule has 2 aliphatic heterocycles. The maximum atomic E-state index is 13.0. The van der Waals surface area contributed by atoms with Crippen LogP contribution in [0.5, 0.6) is 0 Å². The van der Waals surface area contributed by atoms with Crippen LogP contribution in [0.1, 0.15) is 11.7 Å². The van der Waals surface area contributed by atoms with Gasteiger partial charge in [-0.25, -0.2) is 4.39 Å². The quantitative estimate of drug-likeness (QED) is 0.873. The number of rotatable bonds is 2. The third-order valence-electron chi connectivity index (χ3n) is 3.82. The van der Waals surface area contributed by atoms with Gasteiger partial charge in [0.15, 0.2) is 0 Å². The van der Waals surface area contributed by atoms with E-state index in [9.17, 15) is 9.18 Å². The van der Waals surface area contributed by atoms with E-state index < -0.39 is 6.10 Å². The summed E-state index contributed by atoms with van der Waals surface area (Å²) in [6, 6.07) is 6.22. The molecule has 2 aliphatic rings. The number of benzene rings is 1. The summed E-state index contributed by atoms with van der Waals surface area (Å²) in [7, 11) is 0. The molecule has 1 aromatic carbocycles. The molecule has 0 aromatic heterocycles. The molecule has 0 spiro atoms. The van der Waals surface area contributed by atoms with Crippen molar-refractivity contribution in [2.24, 2.45) is 0 Å². The number of carbonyl (C=O) groups excluding carboxylic acids is 1. The molecule has 1 aromatic rings. The average molecular weight is 294 g/mol. The summed E-state index contributed by atoms with van der Waals surface area (Å²) in [5.41, 5.74) is 0.886. The van der Waals surface area contributed by atoms with E-state index in [2.05, 4.69) is 5.32 Å². The summed E-state index contributed by atoms with van der Waals surface area (Å²) in [5, 5.41) is 3.16. The largest absolute Gasteiger partial charge is 0.370 e. The number of hydrogen-bond acceptors (Lipinski definition) is 4. The minimum absolute atomic E-state index is 0.00221. The van der Waals surface area contributed by atoms with Gasteiger partial charge in [-0.05, 0) is 17.7 Å². The second-order valence-electron chi connectivity index (χ2n) is 5.26. The van der Waals surface area contributed by atoms with Crippen LogP contribution in [0.2, 0.25) is 0 Å². The van der Waals surface area contributed by atoms with Gasteiger partial charge < -0.3 is 19.7 Å². The molecule has 1 N–H and O–H groups in total. The van der Waals surface area contributed by atoms with E-state index in [1.807, 2.05) is 0 Å². The second kappa shape index (κ2) is 6.51. The van der Waals surface area contributed by atoms with Gasteiger partial charge in [0.25, 0.3) is 5.91 Å². The highest BCUT2D eigenvalue weighted by molar-refractivity contribution is 5.81. The van der Waals surface area contributed by atoms with Crippen LogP contribution in [-0.2, 0) is 14.3 Å². The Hall–Kier alpha value is -1.50. The molecule has 2 heterocycles. The second-order valence-corrected chi connectivity index (χ2v) is 5.26. The van der Waals surface area contributed by atoms with Crippen molar-refractivity contribution in [1.82, 2.24) is 10.2 Å². The minimum atomic E-state index is -0.411. The highest BCUT2D eigenvalue weighted by Crippen LogP contribution is 2.23. The summed E-state index contributed by atoms with van der Waals surface area (Å²) in [6.45, 7) is 3.42. The Morgan fingerprint density at radius 2 is 2.05 bits per heavy atom. The number of hydrogen-bond donors (Lipinski definition) is 1. The molecule has 2 unspecified atom stereocenters. The van der Waals surface area contributed by atoms with Crippen molar-refractivity contribution < 1.29 is 18.7 Å². The van der Waals surface area contributed by atoms with Gasteiger partial charge >= 0.3 is 0 Å². The number of nitrogens with zero attached hydrogens (tertiary/aromatic N) is 1. The highest BCUT2D eigenvalue weighted by atomic mass is 19.1. The van der Waals surface area contributed by atoms with Gasteiger partial charge in [-0.15, -0.1) is 0 Å². The lowest BCUT2D eigenvalue weighted by Crippen LogP contribution is -2.52. The normalized spacial score (nSPS) is 26.6. The standard InChI is InChI=1S/C15H19FN2O3/c16-12-3-1-11(2-4-12)14-10-18(6-8-21-14)15(19)13-9-17-5-7-20-13/h1-4,13-14,17H,5-10H2. The zero-order valence-corrected chi connectivity index (χ0v) is 11.8. The van der Waals surface area contributed by atoms with Crippen molar-refractivity contribution in [2.45, 2.75) is 12.2 Å². The summed E-state index contributed by atoms with van der Waals surface area (Å²) in [6.07, 6.45) is -0.620. The summed E-state index contributed by atoms with van der Waals surface area (Å²) in [4.78, 5) is 14.2. The number of morpholine rings is 2. The van der Waals surface area contributed by atoms with Gasteiger partial charge in [0.1, 0.15) is 18.0 Å². The Morgan fingerprint density at radius 1 is 1.24 bits per heavy atom. The van der Waals surface area contributed by atoms with E-state index in [-0.39, 0.29) is 17.8 Å². The van der Waals surface area contributed by atoms with Gasteiger partial charge in [-0.1, -0.05) is 12.1 Å². The molecule has 5 nitrogen and oxygen atoms in total. The molecule has 0 radical (unpaired) electrons. The monoisotopic (exact) mass is 294 g/mol.